The summed E-state index contributed by atoms with van der Waals surface area (Å²) in [6.45, 7) is 3.12. The van der Waals surface area contributed by atoms with Gasteiger partial charge < -0.3 is 5.32 Å². The van der Waals surface area contributed by atoms with Gasteiger partial charge >= 0.3 is 0 Å². The van der Waals surface area contributed by atoms with Crippen LogP contribution in [-0.4, -0.2) is 31.6 Å². The van der Waals surface area contributed by atoms with Crippen molar-refractivity contribution in [2.75, 3.05) is 26.7 Å². The minimum absolute atomic E-state index is 0.437. The molecule has 0 aliphatic carbocycles. The normalized spacial score (nSPS) is 22.3. The van der Waals surface area contributed by atoms with Crippen molar-refractivity contribution in [2.24, 2.45) is 0 Å². The molecule has 1 saturated heterocycles. The number of nitriles is 1. The van der Waals surface area contributed by atoms with Crippen LogP contribution in [0, 0.1) is 11.3 Å². The molecule has 0 amide bonds. The van der Waals surface area contributed by atoms with Gasteiger partial charge in [0.2, 0.25) is 0 Å². The molecule has 78 valence electrons. The number of hydrogen-bond acceptors (Lipinski definition) is 3. The van der Waals surface area contributed by atoms with Crippen molar-refractivity contribution >= 4 is 0 Å². The van der Waals surface area contributed by atoms with E-state index in [1.54, 1.807) is 0 Å². The molecule has 1 aromatic rings. The van der Waals surface area contributed by atoms with E-state index in [0.29, 0.717) is 6.04 Å². The van der Waals surface area contributed by atoms with Crippen LogP contribution in [0.1, 0.15) is 17.2 Å². The highest BCUT2D eigenvalue weighted by Crippen LogP contribution is 2.20. The molecule has 15 heavy (non-hydrogen) atoms. The van der Waals surface area contributed by atoms with Crippen molar-refractivity contribution in [1.82, 2.24) is 10.2 Å². The van der Waals surface area contributed by atoms with Crippen LogP contribution < -0.4 is 5.32 Å². The maximum Gasteiger partial charge on any atom is 0.0991 e. The summed E-state index contributed by atoms with van der Waals surface area (Å²) in [4.78, 5) is 2.35. The summed E-state index contributed by atoms with van der Waals surface area (Å²) in [6.07, 6.45) is 0. The van der Waals surface area contributed by atoms with E-state index in [0.717, 1.165) is 25.2 Å². The summed E-state index contributed by atoms with van der Waals surface area (Å²) < 4.78 is 0. The van der Waals surface area contributed by atoms with Crippen LogP contribution in [0.2, 0.25) is 0 Å². The summed E-state index contributed by atoms with van der Waals surface area (Å²) >= 11 is 0. The SMILES string of the molecule is CN1CCNCC1c1ccc(C#N)cc1. The molecular formula is C12H15N3. The summed E-state index contributed by atoms with van der Waals surface area (Å²) in [6, 6.07) is 10.4. The first kappa shape index (κ1) is 10.2. The standard InChI is InChI=1S/C12H15N3/c1-15-7-6-14-9-12(15)11-4-2-10(8-13)3-5-11/h2-5,12,14H,6-7,9H2,1H3. The van der Waals surface area contributed by atoms with Gasteiger partial charge in [-0.05, 0) is 24.7 Å². The fraction of sp³-hybridized carbons (Fsp3) is 0.417. The van der Waals surface area contributed by atoms with Gasteiger partial charge in [0, 0.05) is 25.7 Å². The zero-order valence-corrected chi connectivity index (χ0v) is 8.90. The van der Waals surface area contributed by atoms with Gasteiger partial charge in [-0.15, -0.1) is 0 Å². The Kier molecular flexibility index (Phi) is 3.00. The Morgan fingerprint density at radius 1 is 1.40 bits per heavy atom. The van der Waals surface area contributed by atoms with Crippen molar-refractivity contribution < 1.29 is 0 Å². The third kappa shape index (κ3) is 2.17. The highest BCUT2D eigenvalue weighted by Gasteiger charge is 2.19. The van der Waals surface area contributed by atoms with Gasteiger partial charge in [-0.3, -0.25) is 4.90 Å². The third-order valence-electron chi connectivity index (χ3n) is 2.94. The number of benzene rings is 1. The molecule has 0 saturated carbocycles. The van der Waals surface area contributed by atoms with Crippen LogP contribution >= 0.6 is 0 Å². The maximum absolute atomic E-state index is 8.72. The van der Waals surface area contributed by atoms with Gasteiger partial charge in [-0.25, -0.2) is 0 Å². The van der Waals surface area contributed by atoms with E-state index in [-0.39, 0.29) is 0 Å². The van der Waals surface area contributed by atoms with Crippen LogP contribution in [-0.2, 0) is 0 Å². The Bertz CT molecular complexity index is 363. The van der Waals surface area contributed by atoms with Gasteiger partial charge in [0.25, 0.3) is 0 Å². The summed E-state index contributed by atoms with van der Waals surface area (Å²) in [5.41, 5.74) is 2.01. The summed E-state index contributed by atoms with van der Waals surface area (Å²) in [7, 11) is 2.14. The summed E-state index contributed by atoms with van der Waals surface area (Å²) in [5.74, 6) is 0. The Balaban J connectivity index is 2.18. The Morgan fingerprint density at radius 2 is 2.13 bits per heavy atom. The average Bonchev–Trinajstić information content (AvgIpc) is 2.30. The minimum Gasteiger partial charge on any atom is -0.314 e. The molecule has 0 aromatic heterocycles. The molecule has 1 aliphatic heterocycles. The second kappa shape index (κ2) is 4.43. The topological polar surface area (TPSA) is 39.1 Å². The summed E-state index contributed by atoms with van der Waals surface area (Å²) in [5, 5.41) is 12.1. The van der Waals surface area contributed by atoms with Gasteiger partial charge in [0.15, 0.2) is 0 Å². The first-order valence-electron chi connectivity index (χ1n) is 5.22. The van der Waals surface area contributed by atoms with E-state index in [2.05, 4.69) is 23.3 Å². The monoisotopic (exact) mass is 201 g/mol. The van der Waals surface area contributed by atoms with E-state index in [9.17, 15) is 0 Å². The molecule has 1 fully saturated rings. The van der Waals surface area contributed by atoms with E-state index in [4.69, 9.17) is 5.26 Å². The molecule has 1 unspecified atom stereocenters. The van der Waals surface area contributed by atoms with Crippen LogP contribution in [0.3, 0.4) is 0 Å². The molecule has 0 spiro atoms. The van der Waals surface area contributed by atoms with Crippen molar-refractivity contribution in [2.45, 2.75) is 6.04 Å². The molecular weight excluding hydrogens is 186 g/mol. The zero-order chi connectivity index (χ0) is 10.7. The molecule has 1 aliphatic rings. The number of piperazine rings is 1. The zero-order valence-electron chi connectivity index (χ0n) is 8.90. The van der Waals surface area contributed by atoms with Crippen molar-refractivity contribution in [3.63, 3.8) is 0 Å². The maximum atomic E-state index is 8.72. The lowest BCUT2D eigenvalue weighted by atomic mass is 10.0. The lowest BCUT2D eigenvalue weighted by Gasteiger charge is -2.33. The van der Waals surface area contributed by atoms with Crippen molar-refractivity contribution in [1.29, 1.82) is 5.26 Å². The van der Waals surface area contributed by atoms with Crippen LogP contribution in [0.4, 0.5) is 0 Å². The van der Waals surface area contributed by atoms with Gasteiger partial charge in [-0.2, -0.15) is 5.26 Å². The van der Waals surface area contributed by atoms with E-state index < -0.39 is 0 Å². The fourth-order valence-electron chi connectivity index (χ4n) is 1.96. The largest absolute Gasteiger partial charge is 0.314 e. The smallest absolute Gasteiger partial charge is 0.0991 e. The third-order valence-corrected chi connectivity index (χ3v) is 2.94. The van der Waals surface area contributed by atoms with E-state index >= 15 is 0 Å². The second-order valence-electron chi connectivity index (χ2n) is 3.93. The molecule has 3 nitrogen and oxygen atoms in total. The second-order valence-corrected chi connectivity index (χ2v) is 3.93. The highest BCUT2D eigenvalue weighted by atomic mass is 15.2. The molecule has 1 atom stereocenters. The van der Waals surface area contributed by atoms with Crippen LogP contribution in [0.5, 0.6) is 0 Å². The van der Waals surface area contributed by atoms with Crippen LogP contribution in [0.15, 0.2) is 24.3 Å². The van der Waals surface area contributed by atoms with E-state index in [1.807, 2.05) is 24.3 Å². The molecule has 0 bridgehead atoms. The Morgan fingerprint density at radius 3 is 2.73 bits per heavy atom. The number of likely N-dealkylation sites (N-methyl/N-ethyl adjacent to an activating group) is 1. The molecule has 1 N–H and O–H groups in total. The number of nitrogens with zero attached hydrogens (tertiary/aromatic N) is 2. The van der Waals surface area contributed by atoms with Crippen LogP contribution in [0.25, 0.3) is 0 Å². The van der Waals surface area contributed by atoms with Crippen molar-refractivity contribution in [3.8, 4) is 6.07 Å². The number of hydrogen-bond donors (Lipinski definition) is 1. The van der Waals surface area contributed by atoms with Crippen molar-refractivity contribution in [3.05, 3.63) is 35.4 Å². The number of nitrogens with one attached hydrogen (secondary N) is 1. The lowest BCUT2D eigenvalue weighted by Crippen LogP contribution is -2.43. The fourth-order valence-corrected chi connectivity index (χ4v) is 1.96. The molecule has 0 radical (unpaired) electrons. The molecule has 3 heteroatoms. The Hall–Kier alpha value is -1.37. The number of rotatable bonds is 1. The predicted molar refractivity (Wildman–Crippen MR) is 59.4 cm³/mol. The van der Waals surface area contributed by atoms with Gasteiger partial charge in [0.1, 0.15) is 0 Å². The first-order valence-corrected chi connectivity index (χ1v) is 5.22. The van der Waals surface area contributed by atoms with Gasteiger partial charge in [0.05, 0.1) is 11.6 Å². The molecule has 1 aromatic carbocycles. The first-order chi connectivity index (χ1) is 7.31. The average molecular weight is 201 g/mol. The molecule has 2 rings (SSSR count). The molecule has 1 heterocycles. The van der Waals surface area contributed by atoms with Gasteiger partial charge in [-0.1, -0.05) is 12.1 Å². The minimum atomic E-state index is 0.437. The lowest BCUT2D eigenvalue weighted by molar-refractivity contribution is 0.202. The van der Waals surface area contributed by atoms with E-state index in [1.165, 1.54) is 5.56 Å². The quantitative estimate of drug-likeness (QED) is 0.740. The Labute approximate surface area is 90.3 Å². The predicted octanol–water partition coefficient (Wildman–Crippen LogP) is 1.13. The highest BCUT2D eigenvalue weighted by molar-refractivity contribution is 5.33.